The Bertz CT molecular complexity index is 1500. The lowest BCUT2D eigenvalue weighted by Crippen LogP contribution is -2.49. The van der Waals surface area contributed by atoms with E-state index in [4.69, 9.17) is 16.7 Å². The topological polar surface area (TPSA) is 142 Å². The number of amides is 2. The molecule has 3 aromatic rings. The van der Waals surface area contributed by atoms with Crippen molar-refractivity contribution in [2.24, 2.45) is 0 Å². The van der Waals surface area contributed by atoms with Crippen LogP contribution in [0.15, 0.2) is 42.5 Å². The van der Waals surface area contributed by atoms with Crippen LogP contribution in [0.4, 0.5) is 0 Å². The summed E-state index contributed by atoms with van der Waals surface area (Å²) in [5, 5.41) is 22.4. The monoisotopic (exact) mass is 689 g/mol. The Morgan fingerprint density at radius 1 is 0.826 bits per heavy atom. The number of rotatable bonds is 19. The molecule has 0 aliphatic heterocycles. The molecule has 0 aliphatic rings. The van der Waals surface area contributed by atoms with Gasteiger partial charge in [0, 0.05) is 59.4 Å². The highest BCUT2D eigenvalue weighted by Crippen LogP contribution is 2.28. The summed E-state index contributed by atoms with van der Waals surface area (Å²) in [6.07, 6.45) is 3.59. The van der Waals surface area contributed by atoms with Gasteiger partial charge in [0.25, 0.3) is 5.91 Å². The Kier molecular flexibility index (Phi) is 15.4. The van der Waals surface area contributed by atoms with E-state index >= 15 is 0 Å². The van der Waals surface area contributed by atoms with Crippen molar-refractivity contribution in [1.82, 2.24) is 25.8 Å². The number of carboxylic acid groups (broad SMARTS) is 1. The number of benzene rings is 2. The largest absolute Gasteiger partial charge is 0.480 e. The highest BCUT2D eigenvalue weighted by atomic mass is 35.5. The number of unbranched alkanes of at least 4 members (excludes halogenated alkanes) is 3. The van der Waals surface area contributed by atoms with Crippen molar-refractivity contribution in [2.45, 2.75) is 58.0 Å². The van der Waals surface area contributed by atoms with E-state index < -0.39 is 18.1 Å². The smallest absolute Gasteiger partial charge is 0.321 e. The molecule has 0 bridgehead atoms. The first kappa shape index (κ1) is 37.4. The van der Waals surface area contributed by atoms with E-state index in [9.17, 15) is 19.2 Å². The lowest BCUT2D eigenvalue weighted by molar-refractivity contribution is -0.138. The van der Waals surface area contributed by atoms with Gasteiger partial charge in [-0.25, -0.2) is 0 Å². The van der Waals surface area contributed by atoms with Crippen LogP contribution in [0.1, 0.15) is 52.9 Å². The molecule has 3 rings (SSSR count). The number of aromatic nitrogens is 1. The zero-order valence-corrected chi connectivity index (χ0v) is 28.8. The average molecular weight is 690 g/mol. The van der Waals surface area contributed by atoms with Gasteiger partial charge in [0.15, 0.2) is 0 Å². The van der Waals surface area contributed by atoms with E-state index in [2.05, 4.69) is 46.5 Å². The first-order valence-corrected chi connectivity index (χ1v) is 17.1. The number of nitrogens with one attached hydrogen (secondary N) is 4. The molecule has 13 heteroatoms. The molecule has 5 N–H and O–H groups in total. The molecule has 0 unspecified atom stereocenters. The van der Waals surface area contributed by atoms with Gasteiger partial charge in [-0.2, -0.15) is 25.3 Å². The second-order valence-corrected chi connectivity index (χ2v) is 12.3. The third kappa shape index (κ3) is 10.8. The third-order valence-corrected chi connectivity index (χ3v) is 8.72. The third-order valence-electron chi connectivity index (χ3n) is 7.73. The van der Waals surface area contributed by atoms with Crippen molar-refractivity contribution < 1.29 is 24.3 Å². The van der Waals surface area contributed by atoms with Gasteiger partial charge in [-0.3, -0.25) is 23.7 Å². The van der Waals surface area contributed by atoms with Crippen LogP contribution < -0.4 is 21.3 Å². The Hall–Kier alpha value is -3.03. The SMILES string of the molecule is Cc1ccc2c(c1)c(CC(=O)NCCCCCCNC(=O)[C@H](CS)NCCN[C@@H](CS)C(=O)O)c(C)n2C(=O)c1ccc(Cl)cc1. The van der Waals surface area contributed by atoms with Gasteiger partial charge in [-0.05, 0) is 68.7 Å². The van der Waals surface area contributed by atoms with Crippen LogP contribution >= 0.6 is 36.9 Å². The molecular formula is C33H44ClN5O5S2. The van der Waals surface area contributed by atoms with Gasteiger partial charge in [-0.15, -0.1) is 0 Å². The summed E-state index contributed by atoms with van der Waals surface area (Å²) in [5.74, 6) is -0.877. The molecule has 250 valence electrons. The van der Waals surface area contributed by atoms with Crippen LogP contribution in [0, 0.1) is 13.8 Å². The minimum absolute atomic E-state index is 0.0977. The minimum Gasteiger partial charge on any atom is -0.480 e. The first-order chi connectivity index (χ1) is 22.1. The number of hydrogen-bond donors (Lipinski definition) is 7. The van der Waals surface area contributed by atoms with Gasteiger partial charge in [0.2, 0.25) is 11.8 Å². The van der Waals surface area contributed by atoms with Crippen molar-refractivity contribution in [3.05, 3.63) is 69.9 Å². The molecule has 2 amide bonds. The maximum absolute atomic E-state index is 13.5. The van der Waals surface area contributed by atoms with Crippen LogP contribution in [0.2, 0.25) is 5.02 Å². The average Bonchev–Trinajstić information content (AvgIpc) is 3.29. The molecule has 0 radical (unpaired) electrons. The maximum atomic E-state index is 13.5. The summed E-state index contributed by atoms with van der Waals surface area (Å²) in [5.41, 5.74) is 3.91. The minimum atomic E-state index is -0.962. The van der Waals surface area contributed by atoms with E-state index in [1.807, 2.05) is 32.0 Å². The molecule has 2 aromatic carbocycles. The molecule has 1 aromatic heterocycles. The van der Waals surface area contributed by atoms with Crippen molar-refractivity contribution in [3.63, 3.8) is 0 Å². The molecule has 10 nitrogen and oxygen atoms in total. The second-order valence-electron chi connectivity index (χ2n) is 11.2. The van der Waals surface area contributed by atoms with E-state index in [0.717, 1.165) is 53.4 Å². The summed E-state index contributed by atoms with van der Waals surface area (Å²) in [6.45, 7) is 5.75. The van der Waals surface area contributed by atoms with Crippen molar-refractivity contribution in [1.29, 1.82) is 0 Å². The maximum Gasteiger partial charge on any atom is 0.321 e. The molecule has 0 aliphatic carbocycles. The van der Waals surface area contributed by atoms with E-state index in [0.29, 0.717) is 42.5 Å². The van der Waals surface area contributed by atoms with E-state index in [1.165, 1.54) is 0 Å². The molecule has 0 saturated heterocycles. The molecule has 46 heavy (non-hydrogen) atoms. The van der Waals surface area contributed by atoms with Crippen molar-refractivity contribution in [2.75, 3.05) is 37.7 Å². The summed E-state index contributed by atoms with van der Waals surface area (Å²) in [4.78, 5) is 49.9. The number of halogens is 1. The lowest BCUT2D eigenvalue weighted by Gasteiger charge is -2.18. The molecule has 0 fully saturated rings. The van der Waals surface area contributed by atoms with E-state index in [1.54, 1.807) is 28.8 Å². The van der Waals surface area contributed by atoms with Gasteiger partial charge >= 0.3 is 5.97 Å². The first-order valence-electron chi connectivity index (χ1n) is 15.4. The number of hydrogen-bond acceptors (Lipinski definition) is 8. The summed E-state index contributed by atoms with van der Waals surface area (Å²) in [6, 6.07) is 11.5. The fourth-order valence-corrected chi connectivity index (χ4v) is 5.86. The van der Waals surface area contributed by atoms with Crippen LogP contribution in [-0.4, -0.2) is 83.1 Å². The number of fused-ring (bicyclic) bond motifs is 1. The number of thiol groups is 2. The van der Waals surface area contributed by atoms with Gasteiger partial charge in [-0.1, -0.05) is 36.1 Å². The summed E-state index contributed by atoms with van der Waals surface area (Å²) < 4.78 is 1.67. The second kappa shape index (κ2) is 19.0. The molecule has 0 saturated carbocycles. The standard InChI is InChI=1S/C33H44ClN5O5S2/c1-21-7-12-29-26(17-21)25(22(2)39(29)32(42)23-8-10-24(34)11-9-23)18-30(40)37-13-5-3-4-6-14-38-31(41)27(19-45)35-15-16-36-28(20-46)33(43)44/h7-12,17,27-28,35-36,45-46H,3-6,13-16,18-20H2,1-2H3,(H,37,40)(H,38,41)(H,43,44)/t27-,28-/m0/s1. The van der Waals surface area contributed by atoms with Gasteiger partial charge in [0.05, 0.1) is 18.0 Å². The Labute approximate surface area is 286 Å². The van der Waals surface area contributed by atoms with Crippen molar-refractivity contribution >= 4 is 71.5 Å². The molecule has 2 atom stereocenters. The van der Waals surface area contributed by atoms with Crippen LogP contribution in [0.25, 0.3) is 10.9 Å². The normalized spacial score (nSPS) is 12.5. The van der Waals surface area contributed by atoms with Crippen LogP contribution in [0.3, 0.4) is 0 Å². The Morgan fingerprint density at radius 2 is 1.43 bits per heavy atom. The van der Waals surface area contributed by atoms with Crippen LogP contribution in [-0.2, 0) is 20.8 Å². The quantitative estimate of drug-likeness (QED) is 0.0751. The number of aliphatic carboxylic acids is 1. The fourth-order valence-electron chi connectivity index (χ4n) is 5.16. The number of carbonyl (C=O) groups excluding carboxylic acids is 3. The zero-order valence-electron chi connectivity index (χ0n) is 26.3. The van der Waals surface area contributed by atoms with Crippen molar-refractivity contribution in [3.8, 4) is 0 Å². The molecular weight excluding hydrogens is 646 g/mol. The van der Waals surface area contributed by atoms with Gasteiger partial charge < -0.3 is 26.4 Å². The summed E-state index contributed by atoms with van der Waals surface area (Å²) >= 11 is 14.3. The van der Waals surface area contributed by atoms with Gasteiger partial charge in [0.1, 0.15) is 6.04 Å². The fraction of sp³-hybridized carbons (Fsp3) is 0.455. The number of carbonyl (C=O) groups is 4. The van der Waals surface area contributed by atoms with E-state index in [-0.39, 0.29) is 29.9 Å². The zero-order chi connectivity index (χ0) is 33.6. The van der Waals surface area contributed by atoms with Crippen LogP contribution in [0.5, 0.6) is 0 Å². The number of carboxylic acids is 1. The number of nitrogens with zero attached hydrogens (tertiary/aromatic N) is 1. The predicted octanol–water partition coefficient (Wildman–Crippen LogP) is 3.80. The Balaban J connectivity index is 1.40. The highest BCUT2D eigenvalue weighted by molar-refractivity contribution is 7.80. The molecule has 1 heterocycles. The highest BCUT2D eigenvalue weighted by Gasteiger charge is 2.22. The number of aryl methyl sites for hydroxylation is 1. The predicted molar refractivity (Wildman–Crippen MR) is 190 cm³/mol. The molecule has 0 spiro atoms. The summed E-state index contributed by atoms with van der Waals surface area (Å²) in [7, 11) is 0. The Morgan fingerprint density at radius 3 is 2.04 bits per heavy atom. The lowest BCUT2D eigenvalue weighted by atomic mass is 10.1.